The number of hydrogen-bond donors (Lipinski definition) is 4. The molecule has 0 aliphatic rings. The fourth-order valence-electron chi connectivity index (χ4n) is 2.52. The Labute approximate surface area is 157 Å². The molecule has 0 aliphatic heterocycles. The summed E-state index contributed by atoms with van der Waals surface area (Å²) < 4.78 is 27.6. The van der Waals surface area contributed by atoms with Crippen molar-refractivity contribution < 1.29 is 18.7 Å². The van der Waals surface area contributed by atoms with E-state index in [1.807, 2.05) is 6.92 Å². The molecule has 5 N–H and O–H groups in total. The molecule has 0 fully saturated rings. The number of nitrogens with one attached hydrogen (secondary N) is 2. The van der Waals surface area contributed by atoms with Gasteiger partial charge in [-0.25, -0.2) is 8.78 Å². The Hall–Kier alpha value is -2.83. The summed E-state index contributed by atoms with van der Waals surface area (Å²) >= 11 is 0. The maximum atomic E-state index is 13.9. The van der Waals surface area contributed by atoms with Gasteiger partial charge in [0.2, 0.25) is 6.17 Å². The first kappa shape index (κ1) is 20.5. The van der Waals surface area contributed by atoms with Crippen molar-refractivity contribution in [3.8, 4) is 5.75 Å². The van der Waals surface area contributed by atoms with Gasteiger partial charge in [0.15, 0.2) is 0 Å². The number of rotatable bonds is 9. The highest BCUT2D eigenvalue weighted by Gasteiger charge is 2.27. The fraction of sp³-hybridized carbons (Fsp3) is 0.350. The number of carbonyl (C=O) groups excluding carboxylic acids is 1. The van der Waals surface area contributed by atoms with Gasteiger partial charge in [0.05, 0.1) is 11.4 Å². The highest BCUT2D eigenvalue weighted by atomic mass is 19.2. The number of carbonyl (C=O) groups is 1. The summed E-state index contributed by atoms with van der Waals surface area (Å²) in [5.74, 6) is -0.838. The molecule has 0 aromatic heterocycles. The van der Waals surface area contributed by atoms with Gasteiger partial charge in [0.1, 0.15) is 11.9 Å². The molecule has 146 valence electrons. The highest BCUT2D eigenvalue weighted by Crippen LogP contribution is 2.24. The van der Waals surface area contributed by atoms with Crippen molar-refractivity contribution >= 4 is 23.0 Å². The number of unbranched alkanes of at least 4 members (excludes halogenated alkanes) is 1. The zero-order valence-corrected chi connectivity index (χ0v) is 15.2. The molecular formula is C20H25F2N3O2. The SMILES string of the molecule is CCCC[C@H](F)[C@H](F)C(=O)Nc1ccc(NCc2ccc(O)cc2)cc1N. The van der Waals surface area contributed by atoms with Crippen molar-refractivity contribution in [2.45, 2.75) is 45.1 Å². The monoisotopic (exact) mass is 377 g/mol. The molecule has 5 nitrogen and oxygen atoms in total. The molecule has 2 rings (SSSR count). The van der Waals surface area contributed by atoms with E-state index in [1.165, 1.54) is 0 Å². The van der Waals surface area contributed by atoms with E-state index in [4.69, 9.17) is 5.73 Å². The molecule has 2 aromatic rings. The van der Waals surface area contributed by atoms with E-state index >= 15 is 0 Å². The van der Waals surface area contributed by atoms with E-state index in [2.05, 4.69) is 10.6 Å². The summed E-state index contributed by atoms with van der Waals surface area (Å²) in [5.41, 5.74) is 8.07. The number of alkyl halides is 2. The zero-order valence-electron chi connectivity index (χ0n) is 15.2. The van der Waals surface area contributed by atoms with Crippen LogP contribution in [-0.4, -0.2) is 23.4 Å². The molecule has 0 spiro atoms. The molecule has 27 heavy (non-hydrogen) atoms. The quantitative estimate of drug-likeness (QED) is 0.488. The van der Waals surface area contributed by atoms with Crippen molar-refractivity contribution in [1.82, 2.24) is 0 Å². The smallest absolute Gasteiger partial charge is 0.262 e. The predicted octanol–water partition coefficient (Wildman–Crippen LogP) is 4.39. The molecule has 2 atom stereocenters. The van der Waals surface area contributed by atoms with Crippen molar-refractivity contribution in [2.24, 2.45) is 0 Å². The topological polar surface area (TPSA) is 87.4 Å². The van der Waals surface area contributed by atoms with Crippen molar-refractivity contribution in [2.75, 3.05) is 16.4 Å². The van der Waals surface area contributed by atoms with E-state index in [0.717, 1.165) is 12.0 Å². The lowest BCUT2D eigenvalue weighted by Crippen LogP contribution is -2.32. The Morgan fingerprint density at radius 3 is 2.52 bits per heavy atom. The van der Waals surface area contributed by atoms with Crippen LogP contribution in [-0.2, 0) is 11.3 Å². The lowest BCUT2D eigenvalue weighted by molar-refractivity contribution is -0.123. The number of benzene rings is 2. The molecule has 0 unspecified atom stereocenters. The maximum absolute atomic E-state index is 13.9. The average Bonchev–Trinajstić information content (AvgIpc) is 2.66. The third kappa shape index (κ3) is 6.13. The van der Waals surface area contributed by atoms with Gasteiger partial charge in [0, 0.05) is 12.2 Å². The second-order valence-electron chi connectivity index (χ2n) is 6.37. The number of hydrogen-bond acceptors (Lipinski definition) is 4. The van der Waals surface area contributed by atoms with Gasteiger partial charge >= 0.3 is 0 Å². The number of nitrogen functional groups attached to an aromatic ring is 1. The highest BCUT2D eigenvalue weighted by molar-refractivity contribution is 5.97. The van der Waals surface area contributed by atoms with Gasteiger partial charge in [-0.2, -0.15) is 0 Å². The summed E-state index contributed by atoms with van der Waals surface area (Å²) in [6.45, 7) is 2.39. The summed E-state index contributed by atoms with van der Waals surface area (Å²) in [6, 6.07) is 11.6. The van der Waals surface area contributed by atoms with Crippen molar-refractivity contribution in [3.63, 3.8) is 0 Å². The third-order valence-electron chi connectivity index (χ3n) is 4.14. The summed E-state index contributed by atoms with van der Waals surface area (Å²) in [4.78, 5) is 11.9. The maximum Gasteiger partial charge on any atom is 0.262 e. The number of halogens is 2. The molecule has 0 radical (unpaired) electrons. The Bertz CT molecular complexity index is 753. The predicted molar refractivity (Wildman–Crippen MR) is 104 cm³/mol. The summed E-state index contributed by atoms with van der Waals surface area (Å²) in [6.07, 6.45) is -2.76. The van der Waals surface area contributed by atoms with E-state index in [0.29, 0.717) is 18.7 Å². The molecule has 0 bridgehead atoms. The van der Waals surface area contributed by atoms with E-state index < -0.39 is 18.3 Å². The van der Waals surface area contributed by atoms with Gasteiger partial charge in [0.25, 0.3) is 5.91 Å². The van der Waals surface area contributed by atoms with Crippen LogP contribution in [0, 0.1) is 0 Å². The van der Waals surface area contributed by atoms with Gasteiger partial charge < -0.3 is 21.5 Å². The lowest BCUT2D eigenvalue weighted by atomic mass is 10.1. The minimum atomic E-state index is -2.22. The van der Waals surface area contributed by atoms with Crippen LogP contribution in [0.2, 0.25) is 0 Å². The Kier molecular flexibility index (Phi) is 7.40. The number of phenols is 1. The van der Waals surface area contributed by atoms with E-state index in [1.54, 1.807) is 42.5 Å². The van der Waals surface area contributed by atoms with Crippen LogP contribution in [0.25, 0.3) is 0 Å². The molecule has 0 heterocycles. The molecule has 0 aliphatic carbocycles. The van der Waals surface area contributed by atoms with Gasteiger partial charge in [-0.3, -0.25) is 4.79 Å². The standard InChI is InChI=1S/C20H25F2N3O2/c1-2-3-4-16(21)19(22)20(27)25-18-10-7-14(11-17(18)23)24-12-13-5-8-15(26)9-6-13/h5-11,16,19,24,26H,2-4,12,23H2,1H3,(H,25,27)/t16-,19-/m0/s1. The first-order valence-electron chi connectivity index (χ1n) is 8.91. The fourth-order valence-corrected chi connectivity index (χ4v) is 2.52. The number of nitrogens with two attached hydrogens (primary N) is 1. The number of anilines is 3. The second-order valence-corrected chi connectivity index (χ2v) is 6.37. The molecule has 0 saturated heterocycles. The lowest BCUT2D eigenvalue weighted by Gasteiger charge is -2.15. The van der Waals surface area contributed by atoms with Crippen LogP contribution < -0.4 is 16.4 Å². The Morgan fingerprint density at radius 1 is 1.19 bits per heavy atom. The van der Waals surface area contributed by atoms with Crippen LogP contribution >= 0.6 is 0 Å². The van der Waals surface area contributed by atoms with Crippen LogP contribution in [0.3, 0.4) is 0 Å². The second kappa shape index (κ2) is 9.75. The Morgan fingerprint density at radius 2 is 1.89 bits per heavy atom. The van der Waals surface area contributed by atoms with Crippen LogP contribution in [0.5, 0.6) is 5.75 Å². The minimum Gasteiger partial charge on any atom is -0.508 e. The van der Waals surface area contributed by atoms with Crippen LogP contribution in [0.4, 0.5) is 25.8 Å². The van der Waals surface area contributed by atoms with E-state index in [-0.39, 0.29) is 23.5 Å². The molecule has 2 aromatic carbocycles. The van der Waals surface area contributed by atoms with Gasteiger partial charge in [-0.05, 0) is 42.3 Å². The molecule has 7 heteroatoms. The zero-order chi connectivity index (χ0) is 19.8. The van der Waals surface area contributed by atoms with Gasteiger partial charge in [-0.1, -0.05) is 31.9 Å². The van der Waals surface area contributed by atoms with E-state index in [9.17, 15) is 18.7 Å². The first-order valence-corrected chi connectivity index (χ1v) is 8.91. The average molecular weight is 377 g/mol. The largest absolute Gasteiger partial charge is 0.508 e. The third-order valence-corrected chi connectivity index (χ3v) is 4.14. The molecule has 0 saturated carbocycles. The van der Waals surface area contributed by atoms with Crippen molar-refractivity contribution in [3.05, 3.63) is 48.0 Å². The minimum absolute atomic E-state index is 0.0146. The molecule has 1 amide bonds. The van der Waals surface area contributed by atoms with Crippen LogP contribution in [0.1, 0.15) is 31.7 Å². The summed E-state index contributed by atoms with van der Waals surface area (Å²) in [5, 5.41) is 14.8. The number of aromatic hydroxyl groups is 1. The van der Waals surface area contributed by atoms with Crippen molar-refractivity contribution in [1.29, 1.82) is 0 Å². The number of phenolic OH excluding ortho intramolecular Hbond substituents is 1. The summed E-state index contributed by atoms with van der Waals surface area (Å²) in [7, 11) is 0. The number of amides is 1. The first-order chi connectivity index (χ1) is 12.9. The molecular weight excluding hydrogens is 352 g/mol. The normalized spacial score (nSPS) is 13.0. The Balaban J connectivity index is 1.93. The van der Waals surface area contributed by atoms with Crippen LogP contribution in [0.15, 0.2) is 42.5 Å². The van der Waals surface area contributed by atoms with Gasteiger partial charge in [-0.15, -0.1) is 0 Å².